The van der Waals surface area contributed by atoms with Gasteiger partial charge in [0.1, 0.15) is 5.76 Å². The summed E-state index contributed by atoms with van der Waals surface area (Å²) < 4.78 is 7.41. The van der Waals surface area contributed by atoms with Crippen LogP contribution in [0.3, 0.4) is 0 Å². The van der Waals surface area contributed by atoms with E-state index in [9.17, 15) is 4.79 Å². The van der Waals surface area contributed by atoms with Crippen LogP contribution in [0.5, 0.6) is 0 Å². The van der Waals surface area contributed by atoms with Crippen LogP contribution in [-0.4, -0.2) is 15.6 Å². The van der Waals surface area contributed by atoms with Crippen LogP contribution in [0.15, 0.2) is 53.1 Å². The lowest BCUT2D eigenvalue weighted by atomic mass is 9.84. The lowest BCUT2D eigenvalue weighted by Gasteiger charge is -2.21. The number of rotatable bonds is 2. The molecule has 2 aromatic heterocycles. The molecule has 0 saturated carbocycles. The van der Waals surface area contributed by atoms with E-state index in [4.69, 9.17) is 4.42 Å². The first-order chi connectivity index (χ1) is 10.7. The Labute approximate surface area is 128 Å². The number of carbonyl (C=O) groups excluding carboxylic acids is 1. The molecule has 3 aromatic rings. The largest absolute Gasteiger partial charge is 0.469 e. The molecule has 0 unspecified atom stereocenters. The van der Waals surface area contributed by atoms with Crippen molar-refractivity contribution in [2.24, 2.45) is 0 Å². The van der Waals surface area contributed by atoms with Gasteiger partial charge in [0.15, 0.2) is 5.78 Å². The molecular formula is C18H16N2O2. The van der Waals surface area contributed by atoms with Gasteiger partial charge in [-0.05, 0) is 31.2 Å². The summed E-state index contributed by atoms with van der Waals surface area (Å²) in [6, 6.07) is 13.8. The fourth-order valence-electron chi connectivity index (χ4n) is 3.27. The van der Waals surface area contributed by atoms with Crippen molar-refractivity contribution in [1.29, 1.82) is 0 Å². The Hall–Kier alpha value is -2.62. The van der Waals surface area contributed by atoms with E-state index in [2.05, 4.69) is 5.10 Å². The maximum atomic E-state index is 12.6. The van der Waals surface area contributed by atoms with Crippen LogP contribution in [0.25, 0.3) is 5.69 Å². The smallest absolute Gasteiger partial charge is 0.167 e. The van der Waals surface area contributed by atoms with Crippen molar-refractivity contribution < 1.29 is 9.21 Å². The molecule has 1 aliphatic carbocycles. The van der Waals surface area contributed by atoms with Gasteiger partial charge in [0, 0.05) is 18.8 Å². The van der Waals surface area contributed by atoms with Gasteiger partial charge in [-0.1, -0.05) is 18.2 Å². The zero-order valence-electron chi connectivity index (χ0n) is 12.3. The molecule has 0 fully saturated rings. The second-order valence-electron chi connectivity index (χ2n) is 5.70. The Balaban J connectivity index is 1.83. The molecule has 110 valence electrons. The van der Waals surface area contributed by atoms with Crippen molar-refractivity contribution in [1.82, 2.24) is 9.78 Å². The van der Waals surface area contributed by atoms with E-state index < -0.39 is 0 Å². The molecule has 0 amide bonds. The summed E-state index contributed by atoms with van der Waals surface area (Å²) in [6.07, 6.45) is 2.92. The lowest BCUT2D eigenvalue weighted by molar-refractivity contribution is 0.0959. The summed E-state index contributed by atoms with van der Waals surface area (Å²) in [4.78, 5) is 12.6. The number of ketones is 1. The molecule has 2 heterocycles. The predicted molar refractivity (Wildman–Crippen MR) is 82.4 cm³/mol. The molecule has 1 atom stereocenters. The molecule has 0 spiro atoms. The second-order valence-corrected chi connectivity index (χ2v) is 5.70. The number of aryl methyl sites for hydroxylation is 1. The molecule has 1 aliphatic rings. The van der Waals surface area contributed by atoms with Crippen LogP contribution in [0.4, 0.5) is 0 Å². The molecule has 1 aromatic carbocycles. The highest BCUT2D eigenvalue weighted by Crippen LogP contribution is 2.35. The minimum absolute atomic E-state index is 0.0913. The van der Waals surface area contributed by atoms with Crippen LogP contribution in [0.2, 0.25) is 0 Å². The van der Waals surface area contributed by atoms with Crippen LogP contribution in [0, 0.1) is 6.92 Å². The van der Waals surface area contributed by atoms with Crippen molar-refractivity contribution in [3.05, 3.63) is 71.4 Å². The van der Waals surface area contributed by atoms with Gasteiger partial charge >= 0.3 is 0 Å². The van der Waals surface area contributed by atoms with E-state index in [-0.39, 0.29) is 11.7 Å². The van der Waals surface area contributed by atoms with Crippen molar-refractivity contribution in [2.75, 3.05) is 0 Å². The van der Waals surface area contributed by atoms with Gasteiger partial charge in [-0.3, -0.25) is 4.79 Å². The Morgan fingerprint density at radius 1 is 1.14 bits per heavy atom. The van der Waals surface area contributed by atoms with Gasteiger partial charge in [0.2, 0.25) is 0 Å². The van der Waals surface area contributed by atoms with Gasteiger partial charge in [0.25, 0.3) is 0 Å². The second kappa shape index (κ2) is 4.98. The average molecular weight is 292 g/mol. The number of hydrogen-bond acceptors (Lipinski definition) is 3. The van der Waals surface area contributed by atoms with E-state index in [0.717, 1.165) is 34.8 Å². The predicted octanol–water partition coefficient (Wildman–Crippen LogP) is 3.69. The van der Waals surface area contributed by atoms with Crippen molar-refractivity contribution in [3.63, 3.8) is 0 Å². The first-order valence-electron chi connectivity index (χ1n) is 7.44. The Kier molecular flexibility index (Phi) is 2.96. The van der Waals surface area contributed by atoms with Crippen LogP contribution < -0.4 is 0 Å². The number of benzene rings is 1. The highest BCUT2D eigenvalue weighted by molar-refractivity contribution is 6.00. The van der Waals surface area contributed by atoms with Crippen molar-refractivity contribution >= 4 is 5.78 Å². The maximum Gasteiger partial charge on any atom is 0.167 e. The Bertz CT molecular complexity index is 816. The highest BCUT2D eigenvalue weighted by Gasteiger charge is 2.33. The third-order valence-electron chi connectivity index (χ3n) is 4.25. The molecule has 0 bridgehead atoms. The Morgan fingerprint density at radius 3 is 2.68 bits per heavy atom. The fraction of sp³-hybridized carbons (Fsp3) is 0.222. The number of nitrogens with zero attached hydrogens (tertiary/aromatic N) is 2. The summed E-state index contributed by atoms with van der Waals surface area (Å²) in [6.45, 7) is 1.91. The highest BCUT2D eigenvalue weighted by atomic mass is 16.3. The van der Waals surface area contributed by atoms with Gasteiger partial charge in [-0.25, -0.2) is 4.68 Å². The third-order valence-corrected chi connectivity index (χ3v) is 4.25. The SMILES string of the molecule is Cc1nn(-c2ccccc2)c2c1C(=O)C[C@@H](c1ccco1)C2. The minimum Gasteiger partial charge on any atom is -0.469 e. The molecule has 0 saturated heterocycles. The van der Waals surface area contributed by atoms with E-state index >= 15 is 0 Å². The summed E-state index contributed by atoms with van der Waals surface area (Å²) in [5.41, 5.74) is 3.56. The number of para-hydroxylation sites is 1. The fourth-order valence-corrected chi connectivity index (χ4v) is 3.27. The normalized spacial score (nSPS) is 17.5. The zero-order valence-corrected chi connectivity index (χ0v) is 12.3. The van der Waals surface area contributed by atoms with E-state index in [1.54, 1.807) is 6.26 Å². The molecular weight excluding hydrogens is 276 g/mol. The maximum absolute atomic E-state index is 12.6. The number of furan rings is 1. The van der Waals surface area contributed by atoms with E-state index in [1.165, 1.54) is 0 Å². The number of fused-ring (bicyclic) bond motifs is 1. The van der Waals surface area contributed by atoms with Crippen LogP contribution >= 0.6 is 0 Å². The molecule has 0 aliphatic heterocycles. The molecule has 4 rings (SSSR count). The topological polar surface area (TPSA) is 48.0 Å². The summed E-state index contributed by atoms with van der Waals surface area (Å²) in [5, 5.41) is 4.59. The minimum atomic E-state index is 0.0913. The molecule has 0 N–H and O–H groups in total. The zero-order chi connectivity index (χ0) is 15.1. The average Bonchev–Trinajstić information content (AvgIpc) is 3.16. The van der Waals surface area contributed by atoms with Crippen molar-refractivity contribution in [2.45, 2.75) is 25.7 Å². The first-order valence-corrected chi connectivity index (χ1v) is 7.44. The third kappa shape index (κ3) is 1.99. The van der Waals surface area contributed by atoms with Gasteiger partial charge in [0.05, 0.1) is 28.9 Å². The van der Waals surface area contributed by atoms with Crippen molar-refractivity contribution in [3.8, 4) is 5.69 Å². The first kappa shape index (κ1) is 13.1. The van der Waals surface area contributed by atoms with Crippen LogP contribution in [-0.2, 0) is 6.42 Å². The van der Waals surface area contributed by atoms with Gasteiger partial charge in [-0.2, -0.15) is 5.10 Å². The molecule has 22 heavy (non-hydrogen) atoms. The summed E-state index contributed by atoms with van der Waals surface area (Å²) in [7, 11) is 0. The van der Waals surface area contributed by atoms with Gasteiger partial charge < -0.3 is 4.42 Å². The van der Waals surface area contributed by atoms with E-state index in [0.29, 0.717) is 6.42 Å². The van der Waals surface area contributed by atoms with E-state index in [1.807, 2.05) is 54.1 Å². The standard InChI is InChI=1S/C18H16N2O2/c1-12-18-15(20(19-12)14-6-3-2-4-7-14)10-13(11-16(18)21)17-8-5-9-22-17/h2-9,13H,10-11H2,1H3/t13-/m0/s1. The number of hydrogen-bond donors (Lipinski definition) is 0. The summed E-state index contributed by atoms with van der Waals surface area (Å²) >= 11 is 0. The Morgan fingerprint density at radius 2 is 1.95 bits per heavy atom. The number of Topliss-reactive ketones (excluding diaryl/α,β-unsaturated/α-hetero) is 1. The van der Waals surface area contributed by atoms with Crippen LogP contribution in [0.1, 0.15) is 39.8 Å². The van der Waals surface area contributed by atoms with Gasteiger partial charge in [-0.15, -0.1) is 0 Å². The molecule has 4 nitrogen and oxygen atoms in total. The molecule has 0 radical (unpaired) electrons. The molecule has 4 heteroatoms. The quantitative estimate of drug-likeness (QED) is 0.723. The summed E-state index contributed by atoms with van der Waals surface area (Å²) in [5.74, 6) is 1.12. The monoisotopic (exact) mass is 292 g/mol. The lowest BCUT2D eigenvalue weighted by Crippen LogP contribution is -2.20. The number of carbonyl (C=O) groups is 1. The number of aromatic nitrogens is 2.